The Bertz CT molecular complexity index is 442. The molecule has 1 rings (SSSR count). The molecular weight excluding hydrogens is 272 g/mol. The second kappa shape index (κ2) is 6.31. The molecule has 0 unspecified atom stereocenters. The third-order valence-corrected chi connectivity index (χ3v) is 1.89. The summed E-state index contributed by atoms with van der Waals surface area (Å²) >= 11 is 10.2. The van der Waals surface area contributed by atoms with Crippen molar-refractivity contribution >= 4 is 35.1 Å². The molecule has 0 aliphatic carbocycles. The van der Waals surface area contributed by atoms with Crippen molar-refractivity contribution in [3.8, 4) is 5.75 Å². The lowest BCUT2D eigenvalue weighted by Gasteiger charge is -2.07. The van der Waals surface area contributed by atoms with Crippen LogP contribution in [0.1, 0.15) is 5.56 Å². The second-order valence-corrected chi connectivity index (χ2v) is 3.67. The van der Waals surface area contributed by atoms with E-state index in [1.807, 2.05) is 0 Å². The maximum absolute atomic E-state index is 12.1. The van der Waals surface area contributed by atoms with E-state index in [0.717, 1.165) is 0 Å². The molecule has 92 valence electrons. The number of thiocarbonyl (C=S) groups is 1. The van der Waals surface area contributed by atoms with Gasteiger partial charge in [0.25, 0.3) is 0 Å². The summed E-state index contributed by atoms with van der Waals surface area (Å²) in [7, 11) is 0. The highest BCUT2D eigenvalue weighted by Gasteiger charge is 2.08. The van der Waals surface area contributed by atoms with Crippen molar-refractivity contribution in [2.75, 3.05) is 0 Å². The van der Waals surface area contributed by atoms with E-state index in [0.29, 0.717) is 5.02 Å². The molecule has 0 aromatic heterocycles. The molecule has 0 fully saturated rings. The molecule has 1 aromatic rings. The van der Waals surface area contributed by atoms with E-state index in [1.165, 1.54) is 24.4 Å². The highest BCUT2D eigenvalue weighted by atomic mass is 35.5. The Morgan fingerprint density at radius 1 is 1.59 bits per heavy atom. The molecule has 0 radical (unpaired) electrons. The van der Waals surface area contributed by atoms with E-state index < -0.39 is 6.61 Å². The zero-order chi connectivity index (χ0) is 12.8. The molecule has 0 bridgehead atoms. The summed E-state index contributed by atoms with van der Waals surface area (Å²) in [4.78, 5) is 0. The van der Waals surface area contributed by atoms with Gasteiger partial charge < -0.3 is 10.5 Å². The van der Waals surface area contributed by atoms with Gasteiger partial charge in [-0.05, 0) is 30.4 Å². The molecule has 0 aliphatic rings. The monoisotopic (exact) mass is 279 g/mol. The summed E-state index contributed by atoms with van der Waals surface area (Å²) < 4.78 is 28.5. The normalized spacial score (nSPS) is 10.8. The molecule has 0 saturated heterocycles. The Labute approximate surface area is 106 Å². The zero-order valence-electron chi connectivity index (χ0n) is 8.36. The van der Waals surface area contributed by atoms with Gasteiger partial charge in [0, 0.05) is 10.6 Å². The molecule has 0 spiro atoms. The van der Waals surface area contributed by atoms with E-state index in [9.17, 15) is 8.78 Å². The first kappa shape index (κ1) is 13.6. The lowest BCUT2D eigenvalue weighted by molar-refractivity contribution is -0.0499. The fraction of sp³-hybridized carbons (Fsp3) is 0.111. The van der Waals surface area contributed by atoms with E-state index in [-0.39, 0.29) is 16.4 Å². The number of hydrogen-bond acceptors (Lipinski definition) is 3. The maximum Gasteiger partial charge on any atom is 0.387 e. The van der Waals surface area contributed by atoms with Gasteiger partial charge in [-0.2, -0.15) is 13.9 Å². The van der Waals surface area contributed by atoms with Crippen molar-refractivity contribution in [3.63, 3.8) is 0 Å². The molecule has 0 atom stereocenters. The Kier molecular flexibility index (Phi) is 5.05. The third-order valence-electron chi connectivity index (χ3n) is 1.57. The molecule has 4 nitrogen and oxygen atoms in total. The molecule has 17 heavy (non-hydrogen) atoms. The van der Waals surface area contributed by atoms with E-state index >= 15 is 0 Å². The Hall–Kier alpha value is -1.47. The van der Waals surface area contributed by atoms with Gasteiger partial charge in [0.05, 0.1) is 6.21 Å². The quantitative estimate of drug-likeness (QED) is 0.503. The van der Waals surface area contributed by atoms with Gasteiger partial charge in [-0.1, -0.05) is 11.6 Å². The largest absolute Gasteiger partial charge is 0.434 e. The highest BCUT2D eigenvalue weighted by Crippen LogP contribution is 2.22. The van der Waals surface area contributed by atoms with Crippen LogP contribution in [0.2, 0.25) is 5.02 Å². The number of ether oxygens (including phenoxy) is 1. The second-order valence-electron chi connectivity index (χ2n) is 2.79. The molecule has 8 heteroatoms. The van der Waals surface area contributed by atoms with Crippen molar-refractivity contribution in [2.45, 2.75) is 6.61 Å². The predicted octanol–water partition coefficient (Wildman–Crippen LogP) is 2.11. The van der Waals surface area contributed by atoms with Crippen molar-refractivity contribution in [2.24, 2.45) is 10.8 Å². The Balaban J connectivity index is 2.90. The minimum absolute atomic E-state index is 0.0420. The standard InChI is InChI=1S/C9H8ClF2N3OS/c10-6-1-2-7(16-8(11)12)5(3-6)4-14-15-9(13)17/h1-4,8H,(H3,13,15,17). The molecule has 0 saturated carbocycles. The maximum atomic E-state index is 12.1. The number of hydrogen-bond donors (Lipinski definition) is 2. The number of rotatable bonds is 4. The van der Waals surface area contributed by atoms with Crippen LogP contribution in [0.3, 0.4) is 0 Å². The fourth-order valence-electron chi connectivity index (χ4n) is 0.989. The van der Waals surface area contributed by atoms with E-state index in [2.05, 4.69) is 27.5 Å². The molecular formula is C9H8ClF2N3OS. The molecule has 0 heterocycles. The highest BCUT2D eigenvalue weighted by molar-refractivity contribution is 7.80. The first-order valence-corrected chi connectivity index (χ1v) is 5.10. The van der Waals surface area contributed by atoms with Gasteiger partial charge in [-0.25, -0.2) is 0 Å². The van der Waals surface area contributed by atoms with Crippen LogP contribution in [0.15, 0.2) is 23.3 Å². The molecule has 1 aromatic carbocycles. The van der Waals surface area contributed by atoms with Crippen molar-refractivity contribution in [1.29, 1.82) is 0 Å². The first-order valence-electron chi connectivity index (χ1n) is 4.32. The van der Waals surface area contributed by atoms with Crippen molar-refractivity contribution in [3.05, 3.63) is 28.8 Å². The van der Waals surface area contributed by atoms with Crippen LogP contribution < -0.4 is 15.9 Å². The van der Waals surface area contributed by atoms with Gasteiger partial charge in [-0.3, -0.25) is 5.43 Å². The lowest BCUT2D eigenvalue weighted by Crippen LogP contribution is -2.24. The predicted molar refractivity (Wildman–Crippen MR) is 65.6 cm³/mol. The summed E-state index contributed by atoms with van der Waals surface area (Å²) in [5, 5.41) is 3.95. The van der Waals surface area contributed by atoms with Gasteiger partial charge in [0.2, 0.25) is 0 Å². The first-order chi connectivity index (χ1) is 7.99. The van der Waals surface area contributed by atoms with Crippen molar-refractivity contribution < 1.29 is 13.5 Å². The van der Waals surface area contributed by atoms with E-state index in [4.69, 9.17) is 17.3 Å². The van der Waals surface area contributed by atoms with Crippen LogP contribution >= 0.6 is 23.8 Å². The average Bonchev–Trinajstić information content (AvgIpc) is 2.21. The van der Waals surface area contributed by atoms with E-state index in [1.54, 1.807) is 0 Å². The smallest absolute Gasteiger partial charge is 0.387 e. The number of benzene rings is 1. The van der Waals surface area contributed by atoms with Crippen LogP contribution in [0.25, 0.3) is 0 Å². The fourth-order valence-corrected chi connectivity index (χ4v) is 1.22. The summed E-state index contributed by atoms with van der Waals surface area (Å²) in [6.45, 7) is -2.92. The average molecular weight is 280 g/mol. The number of nitrogens with two attached hydrogens (primary N) is 1. The minimum atomic E-state index is -2.92. The van der Waals surface area contributed by atoms with Crippen LogP contribution in [-0.4, -0.2) is 17.9 Å². The number of alkyl halides is 2. The number of nitrogens with one attached hydrogen (secondary N) is 1. The minimum Gasteiger partial charge on any atom is -0.434 e. The van der Waals surface area contributed by atoms with Gasteiger partial charge >= 0.3 is 6.61 Å². The van der Waals surface area contributed by atoms with Crippen molar-refractivity contribution in [1.82, 2.24) is 5.43 Å². The van der Waals surface area contributed by atoms with Crippen LogP contribution in [0.5, 0.6) is 5.75 Å². The SMILES string of the molecule is NC(=S)NN=Cc1cc(Cl)ccc1OC(F)F. The summed E-state index contributed by atoms with van der Waals surface area (Å²) in [6.07, 6.45) is 1.22. The third kappa shape index (κ3) is 4.92. The lowest BCUT2D eigenvalue weighted by atomic mass is 10.2. The summed E-state index contributed by atoms with van der Waals surface area (Å²) in [6, 6.07) is 4.16. The molecule has 3 N–H and O–H groups in total. The number of hydrazone groups is 1. The van der Waals surface area contributed by atoms with Gasteiger partial charge in [0.15, 0.2) is 5.11 Å². The number of nitrogens with zero attached hydrogens (tertiary/aromatic N) is 1. The summed E-state index contributed by atoms with van der Waals surface area (Å²) in [5.74, 6) is -0.0436. The van der Waals surface area contributed by atoms with Crippen LogP contribution in [0, 0.1) is 0 Å². The van der Waals surface area contributed by atoms with Crippen LogP contribution in [-0.2, 0) is 0 Å². The summed E-state index contributed by atoms with van der Waals surface area (Å²) in [5.41, 5.74) is 7.70. The van der Waals surface area contributed by atoms with Crippen LogP contribution in [0.4, 0.5) is 8.78 Å². The molecule has 0 aliphatic heterocycles. The topological polar surface area (TPSA) is 59.6 Å². The molecule has 0 amide bonds. The van der Waals surface area contributed by atoms with Gasteiger partial charge in [-0.15, -0.1) is 0 Å². The Morgan fingerprint density at radius 2 is 2.29 bits per heavy atom. The Morgan fingerprint density at radius 3 is 2.88 bits per heavy atom. The zero-order valence-corrected chi connectivity index (χ0v) is 9.93. The number of halogens is 3. The van der Waals surface area contributed by atoms with Gasteiger partial charge in [0.1, 0.15) is 5.75 Å².